The second-order valence-electron chi connectivity index (χ2n) is 5.87. The van der Waals surface area contributed by atoms with Crippen molar-refractivity contribution in [1.29, 1.82) is 0 Å². The molecule has 4 heteroatoms. The average molecular weight is 274 g/mol. The molecule has 1 fully saturated rings. The summed E-state index contributed by atoms with van der Waals surface area (Å²) in [5.74, 6) is -0.428. The summed E-state index contributed by atoms with van der Waals surface area (Å²) in [6, 6.07) is 3.84. The number of nitrogens with two attached hydrogens (primary N) is 1. The van der Waals surface area contributed by atoms with Crippen molar-refractivity contribution in [2.75, 3.05) is 6.54 Å². The molecule has 2 N–H and O–H groups in total. The van der Waals surface area contributed by atoms with E-state index in [2.05, 4.69) is 12.1 Å². The minimum Gasteiger partial charge on any atom is -0.322 e. The Morgan fingerprint density at radius 1 is 1.25 bits per heavy atom. The van der Waals surface area contributed by atoms with E-state index in [0.717, 1.165) is 16.7 Å². The summed E-state index contributed by atoms with van der Waals surface area (Å²) in [6.45, 7) is 8.14. The van der Waals surface area contributed by atoms with Gasteiger partial charge in [0, 0.05) is 24.9 Å². The highest BCUT2D eigenvalue weighted by Crippen LogP contribution is 2.26. The van der Waals surface area contributed by atoms with Gasteiger partial charge in [0.05, 0.1) is 0 Å². The lowest BCUT2D eigenvalue weighted by molar-refractivity contribution is -0.139. The zero-order valence-electron chi connectivity index (χ0n) is 12.6. The van der Waals surface area contributed by atoms with Crippen LogP contribution in [0.5, 0.6) is 0 Å². The monoisotopic (exact) mass is 274 g/mol. The van der Waals surface area contributed by atoms with Gasteiger partial charge in [-0.3, -0.25) is 14.5 Å². The summed E-state index contributed by atoms with van der Waals surface area (Å²) < 4.78 is 0. The lowest BCUT2D eigenvalue weighted by Gasteiger charge is -2.23. The zero-order valence-corrected chi connectivity index (χ0v) is 12.6. The summed E-state index contributed by atoms with van der Waals surface area (Å²) >= 11 is 0. The maximum absolute atomic E-state index is 12.0. The third-order valence-electron chi connectivity index (χ3n) is 3.96. The quantitative estimate of drug-likeness (QED) is 0.858. The summed E-state index contributed by atoms with van der Waals surface area (Å²) in [7, 11) is 0. The van der Waals surface area contributed by atoms with Gasteiger partial charge in [-0.1, -0.05) is 24.6 Å². The van der Waals surface area contributed by atoms with Gasteiger partial charge in [0.15, 0.2) is 0 Å². The number of nitrogens with zero attached hydrogens (tertiary/aromatic N) is 1. The van der Waals surface area contributed by atoms with Crippen molar-refractivity contribution in [3.63, 3.8) is 0 Å². The molecule has 0 spiro atoms. The molecule has 1 aromatic carbocycles. The third-order valence-corrected chi connectivity index (χ3v) is 3.96. The molecule has 1 aromatic rings. The minimum atomic E-state index is -0.325. The number of likely N-dealkylation sites (tertiary alicyclic amines) is 1. The van der Waals surface area contributed by atoms with Crippen LogP contribution in [0.25, 0.3) is 0 Å². The van der Waals surface area contributed by atoms with E-state index in [9.17, 15) is 9.59 Å². The number of hydrogen-bond acceptors (Lipinski definition) is 3. The Morgan fingerprint density at radius 2 is 1.80 bits per heavy atom. The predicted octanol–water partition coefficient (Wildman–Crippen LogP) is 2.01. The molecule has 2 rings (SSSR count). The highest BCUT2D eigenvalue weighted by molar-refractivity contribution is 6.03. The zero-order chi connectivity index (χ0) is 15.0. The van der Waals surface area contributed by atoms with Crippen molar-refractivity contribution in [1.82, 2.24) is 4.90 Å². The van der Waals surface area contributed by atoms with Crippen LogP contribution in [0.2, 0.25) is 0 Å². The van der Waals surface area contributed by atoms with Gasteiger partial charge in [0.2, 0.25) is 11.8 Å². The first-order valence-electron chi connectivity index (χ1n) is 6.98. The molecule has 1 aliphatic heterocycles. The van der Waals surface area contributed by atoms with E-state index in [1.165, 1.54) is 10.5 Å². The van der Waals surface area contributed by atoms with E-state index >= 15 is 0 Å². The number of carbonyl (C=O) groups excluding carboxylic acids is 2. The number of aryl methyl sites for hydroxylation is 3. The number of imide groups is 1. The normalized spacial score (nSPS) is 20.6. The number of benzene rings is 1. The van der Waals surface area contributed by atoms with Crippen LogP contribution >= 0.6 is 0 Å². The van der Waals surface area contributed by atoms with Crippen molar-refractivity contribution in [2.24, 2.45) is 11.7 Å². The van der Waals surface area contributed by atoms with Crippen LogP contribution in [-0.4, -0.2) is 23.3 Å². The highest BCUT2D eigenvalue weighted by Gasteiger charge is 2.36. The summed E-state index contributed by atoms with van der Waals surface area (Å²) in [4.78, 5) is 25.1. The molecule has 0 radical (unpaired) electrons. The van der Waals surface area contributed by atoms with E-state index in [-0.39, 0.29) is 30.3 Å². The van der Waals surface area contributed by atoms with E-state index in [4.69, 9.17) is 5.73 Å². The number of hydrogen-bond donors (Lipinski definition) is 1. The largest absolute Gasteiger partial charge is 0.322 e. The predicted molar refractivity (Wildman–Crippen MR) is 78.1 cm³/mol. The molecule has 0 bridgehead atoms. The molecule has 2 atom stereocenters. The van der Waals surface area contributed by atoms with Crippen molar-refractivity contribution < 1.29 is 9.59 Å². The van der Waals surface area contributed by atoms with Gasteiger partial charge in [-0.05, 0) is 37.5 Å². The molecule has 4 nitrogen and oxygen atoms in total. The Kier molecular flexibility index (Phi) is 3.95. The van der Waals surface area contributed by atoms with E-state index in [1.54, 1.807) is 6.92 Å². The molecule has 0 aromatic heterocycles. The standard InChI is InChI=1S/C16H22N2O2/c1-9-5-10(2)15(11(3)6-9)13(17)8-18-14(19)7-12(4)16(18)20/h5-6,12-13H,7-8,17H2,1-4H3. The van der Waals surface area contributed by atoms with Crippen LogP contribution < -0.4 is 5.73 Å². The molecule has 20 heavy (non-hydrogen) atoms. The van der Waals surface area contributed by atoms with Crippen LogP contribution in [0.15, 0.2) is 12.1 Å². The molecule has 2 unspecified atom stereocenters. The molecule has 0 saturated carbocycles. The fourth-order valence-electron chi connectivity index (χ4n) is 3.10. The van der Waals surface area contributed by atoms with E-state index < -0.39 is 0 Å². The molecule has 1 saturated heterocycles. The van der Waals surface area contributed by atoms with Crippen molar-refractivity contribution in [2.45, 2.75) is 40.2 Å². The Bertz CT molecular complexity index is 543. The summed E-state index contributed by atoms with van der Waals surface area (Å²) in [6.07, 6.45) is 0.303. The minimum absolute atomic E-state index is 0.104. The van der Waals surface area contributed by atoms with E-state index in [0.29, 0.717) is 6.42 Å². The first-order chi connectivity index (χ1) is 9.31. The molecule has 1 aliphatic rings. The van der Waals surface area contributed by atoms with E-state index in [1.807, 2.05) is 20.8 Å². The van der Waals surface area contributed by atoms with Crippen LogP contribution in [0.3, 0.4) is 0 Å². The molecular formula is C16H22N2O2. The molecular weight excluding hydrogens is 252 g/mol. The summed E-state index contributed by atoms with van der Waals surface area (Å²) in [5, 5.41) is 0. The van der Waals surface area contributed by atoms with Gasteiger partial charge < -0.3 is 5.73 Å². The van der Waals surface area contributed by atoms with Gasteiger partial charge in [-0.15, -0.1) is 0 Å². The second-order valence-corrected chi connectivity index (χ2v) is 5.87. The SMILES string of the molecule is Cc1cc(C)c(C(N)CN2C(=O)CC(C)C2=O)c(C)c1. The topological polar surface area (TPSA) is 63.4 Å². The van der Waals surface area contributed by atoms with Crippen molar-refractivity contribution in [3.8, 4) is 0 Å². The maximum Gasteiger partial charge on any atom is 0.232 e. The maximum atomic E-state index is 12.0. The van der Waals surface area contributed by atoms with Gasteiger partial charge in [0.25, 0.3) is 0 Å². The molecule has 108 valence electrons. The molecule has 2 amide bonds. The van der Waals surface area contributed by atoms with Crippen molar-refractivity contribution in [3.05, 3.63) is 34.4 Å². The van der Waals surface area contributed by atoms with Gasteiger partial charge >= 0.3 is 0 Å². The average Bonchev–Trinajstić information content (AvgIpc) is 2.54. The summed E-state index contributed by atoms with van der Waals surface area (Å²) in [5.41, 5.74) is 10.7. The number of rotatable bonds is 3. The Hall–Kier alpha value is -1.68. The fourth-order valence-corrected chi connectivity index (χ4v) is 3.10. The first-order valence-corrected chi connectivity index (χ1v) is 6.98. The Balaban J connectivity index is 2.23. The van der Waals surface area contributed by atoms with Gasteiger partial charge in [-0.25, -0.2) is 0 Å². The lowest BCUT2D eigenvalue weighted by atomic mass is 9.94. The fraction of sp³-hybridized carbons (Fsp3) is 0.500. The molecule has 1 heterocycles. The lowest BCUT2D eigenvalue weighted by Crippen LogP contribution is -2.37. The van der Waals surface area contributed by atoms with Crippen molar-refractivity contribution >= 4 is 11.8 Å². The van der Waals surface area contributed by atoms with Crippen LogP contribution in [0.4, 0.5) is 0 Å². The third kappa shape index (κ3) is 2.61. The highest BCUT2D eigenvalue weighted by atomic mass is 16.2. The Morgan fingerprint density at radius 3 is 2.25 bits per heavy atom. The van der Waals surface area contributed by atoms with Crippen LogP contribution in [0, 0.1) is 26.7 Å². The molecule has 0 aliphatic carbocycles. The van der Waals surface area contributed by atoms with Gasteiger partial charge in [0.1, 0.15) is 0 Å². The van der Waals surface area contributed by atoms with Crippen LogP contribution in [-0.2, 0) is 9.59 Å². The number of carbonyl (C=O) groups is 2. The van der Waals surface area contributed by atoms with Gasteiger partial charge in [-0.2, -0.15) is 0 Å². The first kappa shape index (κ1) is 14.7. The number of amides is 2. The second kappa shape index (κ2) is 5.37. The Labute approximate surface area is 119 Å². The smallest absolute Gasteiger partial charge is 0.232 e. The van der Waals surface area contributed by atoms with Crippen LogP contribution in [0.1, 0.15) is 41.6 Å².